The number of rotatable bonds is 4. The second-order valence-electron chi connectivity index (χ2n) is 4.17. The van der Waals surface area contributed by atoms with Crippen molar-refractivity contribution in [1.82, 2.24) is 4.98 Å². The van der Waals surface area contributed by atoms with E-state index in [1.165, 1.54) is 30.0 Å². The van der Waals surface area contributed by atoms with E-state index in [9.17, 15) is 9.18 Å². The molecule has 0 aliphatic carbocycles. The fraction of sp³-hybridized carbons (Fsp3) is 0.0667. The molecule has 0 fully saturated rings. The molecular formula is C15H10FNO2S. The van der Waals surface area contributed by atoms with Crippen molar-refractivity contribution < 1.29 is 13.6 Å². The Bertz CT molecular complexity index is 736. The number of benzene rings is 2. The van der Waals surface area contributed by atoms with Gasteiger partial charge in [-0.2, -0.15) is 0 Å². The first-order valence-corrected chi connectivity index (χ1v) is 6.98. The van der Waals surface area contributed by atoms with Gasteiger partial charge in [-0.15, -0.1) is 0 Å². The number of Topliss-reactive ketones (excluding diaryl/α,β-unsaturated/α-hetero) is 1. The lowest BCUT2D eigenvalue weighted by molar-refractivity contribution is 0.102. The molecule has 3 rings (SSSR count). The quantitative estimate of drug-likeness (QED) is 0.538. The molecule has 0 saturated heterocycles. The van der Waals surface area contributed by atoms with E-state index in [-0.39, 0.29) is 11.5 Å². The monoisotopic (exact) mass is 287 g/mol. The highest BCUT2D eigenvalue weighted by Gasteiger charge is 2.11. The Kier molecular flexibility index (Phi) is 3.52. The molecule has 3 nitrogen and oxygen atoms in total. The van der Waals surface area contributed by atoms with Crippen LogP contribution in [0.1, 0.15) is 10.4 Å². The van der Waals surface area contributed by atoms with E-state index in [2.05, 4.69) is 4.98 Å². The number of hydrogen-bond donors (Lipinski definition) is 0. The van der Waals surface area contributed by atoms with Crippen molar-refractivity contribution in [3.63, 3.8) is 0 Å². The van der Waals surface area contributed by atoms with Crippen LogP contribution in [-0.4, -0.2) is 16.5 Å². The van der Waals surface area contributed by atoms with Gasteiger partial charge in [0.15, 0.2) is 11.4 Å². The summed E-state index contributed by atoms with van der Waals surface area (Å²) in [6.45, 7) is 0. The SMILES string of the molecule is O=C(CSc1nc2ccccc2o1)c1cccc(F)c1. The average Bonchev–Trinajstić information content (AvgIpc) is 2.87. The minimum Gasteiger partial charge on any atom is -0.431 e. The number of oxazole rings is 1. The summed E-state index contributed by atoms with van der Waals surface area (Å²) >= 11 is 1.21. The molecule has 2 aromatic carbocycles. The maximum atomic E-state index is 13.0. The first-order chi connectivity index (χ1) is 9.72. The van der Waals surface area contributed by atoms with Gasteiger partial charge in [-0.1, -0.05) is 36.0 Å². The van der Waals surface area contributed by atoms with Gasteiger partial charge in [-0.3, -0.25) is 4.79 Å². The number of aromatic nitrogens is 1. The van der Waals surface area contributed by atoms with Crippen LogP contribution in [0.15, 0.2) is 58.2 Å². The van der Waals surface area contributed by atoms with E-state index in [0.717, 1.165) is 5.52 Å². The van der Waals surface area contributed by atoms with Crippen molar-refractivity contribution >= 4 is 28.6 Å². The lowest BCUT2D eigenvalue weighted by Gasteiger charge is -1.98. The minimum absolute atomic E-state index is 0.156. The third kappa shape index (κ3) is 2.72. The first kappa shape index (κ1) is 12.9. The predicted octanol–water partition coefficient (Wildman–Crippen LogP) is 3.94. The Morgan fingerprint density at radius 1 is 1.20 bits per heavy atom. The van der Waals surface area contributed by atoms with Gasteiger partial charge < -0.3 is 4.42 Å². The van der Waals surface area contributed by atoms with Crippen LogP contribution >= 0.6 is 11.8 Å². The summed E-state index contributed by atoms with van der Waals surface area (Å²) in [7, 11) is 0. The van der Waals surface area contributed by atoms with Gasteiger partial charge in [0.05, 0.1) is 5.75 Å². The number of para-hydroxylation sites is 2. The van der Waals surface area contributed by atoms with E-state index in [4.69, 9.17) is 4.42 Å². The first-order valence-electron chi connectivity index (χ1n) is 5.99. The molecule has 5 heteroatoms. The van der Waals surface area contributed by atoms with E-state index in [0.29, 0.717) is 16.4 Å². The predicted molar refractivity (Wildman–Crippen MR) is 75.5 cm³/mol. The fourth-order valence-electron chi connectivity index (χ4n) is 1.79. The zero-order valence-electron chi connectivity index (χ0n) is 10.4. The standard InChI is InChI=1S/C15H10FNO2S/c16-11-5-3-4-10(8-11)13(18)9-20-15-17-12-6-1-2-7-14(12)19-15/h1-8H,9H2. The van der Waals surface area contributed by atoms with Crippen LogP contribution < -0.4 is 0 Å². The van der Waals surface area contributed by atoms with Gasteiger partial charge in [0.2, 0.25) is 0 Å². The zero-order chi connectivity index (χ0) is 13.9. The second-order valence-corrected chi connectivity index (χ2v) is 5.10. The van der Waals surface area contributed by atoms with E-state index in [1.54, 1.807) is 6.07 Å². The van der Waals surface area contributed by atoms with Crippen LogP contribution in [0.4, 0.5) is 4.39 Å². The highest BCUT2D eigenvalue weighted by Crippen LogP contribution is 2.23. The summed E-state index contributed by atoms with van der Waals surface area (Å²) in [6.07, 6.45) is 0. The van der Waals surface area contributed by atoms with E-state index >= 15 is 0 Å². The van der Waals surface area contributed by atoms with Crippen LogP contribution in [0.25, 0.3) is 11.1 Å². The van der Waals surface area contributed by atoms with Crippen molar-refractivity contribution in [2.75, 3.05) is 5.75 Å². The van der Waals surface area contributed by atoms with Crippen molar-refractivity contribution in [3.8, 4) is 0 Å². The Hall–Kier alpha value is -2.14. The van der Waals surface area contributed by atoms with Crippen molar-refractivity contribution in [3.05, 3.63) is 59.9 Å². The highest BCUT2D eigenvalue weighted by molar-refractivity contribution is 7.99. The van der Waals surface area contributed by atoms with Gasteiger partial charge in [0.1, 0.15) is 11.3 Å². The summed E-state index contributed by atoms with van der Waals surface area (Å²) in [6, 6.07) is 13.1. The summed E-state index contributed by atoms with van der Waals surface area (Å²) < 4.78 is 18.5. The van der Waals surface area contributed by atoms with Crippen LogP contribution in [0.2, 0.25) is 0 Å². The molecule has 1 aromatic heterocycles. The van der Waals surface area contributed by atoms with Crippen molar-refractivity contribution in [2.24, 2.45) is 0 Å². The molecule has 0 bridgehead atoms. The third-order valence-electron chi connectivity index (χ3n) is 2.75. The lowest BCUT2D eigenvalue weighted by Crippen LogP contribution is -2.02. The molecular weight excluding hydrogens is 277 g/mol. The molecule has 0 aliphatic rings. The van der Waals surface area contributed by atoms with Gasteiger partial charge in [0.25, 0.3) is 5.22 Å². The smallest absolute Gasteiger partial charge is 0.257 e. The maximum Gasteiger partial charge on any atom is 0.257 e. The summed E-state index contributed by atoms with van der Waals surface area (Å²) in [4.78, 5) is 16.2. The minimum atomic E-state index is -0.414. The zero-order valence-corrected chi connectivity index (χ0v) is 11.2. The van der Waals surface area contributed by atoms with Gasteiger partial charge in [-0.05, 0) is 24.3 Å². The maximum absolute atomic E-state index is 13.0. The summed E-state index contributed by atoms with van der Waals surface area (Å²) in [5, 5.41) is 0.441. The third-order valence-corrected chi connectivity index (χ3v) is 3.58. The number of fused-ring (bicyclic) bond motifs is 1. The number of halogens is 1. The average molecular weight is 287 g/mol. The Labute approximate surface area is 118 Å². The lowest BCUT2D eigenvalue weighted by atomic mass is 10.1. The Morgan fingerprint density at radius 2 is 2.05 bits per heavy atom. The van der Waals surface area contributed by atoms with Crippen LogP contribution in [-0.2, 0) is 0 Å². The molecule has 0 unspecified atom stereocenters. The molecule has 0 spiro atoms. The molecule has 20 heavy (non-hydrogen) atoms. The number of hydrogen-bond acceptors (Lipinski definition) is 4. The van der Waals surface area contributed by atoms with Crippen LogP contribution in [0, 0.1) is 5.82 Å². The number of nitrogens with zero attached hydrogens (tertiary/aromatic N) is 1. The molecule has 0 radical (unpaired) electrons. The molecule has 0 atom stereocenters. The largest absolute Gasteiger partial charge is 0.431 e. The fourth-order valence-corrected chi connectivity index (χ4v) is 2.52. The molecule has 0 N–H and O–H groups in total. The molecule has 100 valence electrons. The number of thioether (sulfide) groups is 1. The van der Waals surface area contributed by atoms with Gasteiger partial charge in [-0.25, -0.2) is 9.37 Å². The van der Waals surface area contributed by atoms with Gasteiger partial charge >= 0.3 is 0 Å². The topological polar surface area (TPSA) is 43.1 Å². The normalized spacial score (nSPS) is 10.8. The van der Waals surface area contributed by atoms with Crippen LogP contribution in [0.3, 0.4) is 0 Å². The molecule has 1 heterocycles. The highest BCUT2D eigenvalue weighted by atomic mass is 32.2. The molecule has 3 aromatic rings. The molecule has 0 amide bonds. The van der Waals surface area contributed by atoms with E-state index in [1.807, 2.05) is 24.3 Å². The van der Waals surface area contributed by atoms with Crippen LogP contribution in [0.5, 0.6) is 0 Å². The van der Waals surface area contributed by atoms with E-state index < -0.39 is 5.82 Å². The number of carbonyl (C=O) groups is 1. The van der Waals surface area contributed by atoms with Crippen molar-refractivity contribution in [1.29, 1.82) is 0 Å². The Balaban J connectivity index is 1.71. The number of ketones is 1. The molecule has 0 aliphatic heterocycles. The summed E-state index contributed by atoms with van der Waals surface area (Å²) in [5.74, 6) is -0.407. The Morgan fingerprint density at radius 3 is 2.85 bits per heavy atom. The number of carbonyl (C=O) groups excluding carboxylic acids is 1. The second kappa shape index (κ2) is 5.46. The molecule has 0 saturated carbocycles. The van der Waals surface area contributed by atoms with Crippen molar-refractivity contribution in [2.45, 2.75) is 5.22 Å². The summed E-state index contributed by atoms with van der Waals surface area (Å²) in [5.41, 5.74) is 1.80. The van der Waals surface area contributed by atoms with Gasteiger partial charge in [0, 0.05) is 5.56 Å².